The standard InChI is InChI=1S/C13H21N3O2/c1-2-15-9-7-14-12(13(15)18)16-8-3-5-11(16)6-4-10-17/h7,9,11,17H,2-6,8,10H2,1H3. The van der Waals surface area contributed by atoms with E-state index in [0.717, 1.165) is 32.2 Å². The first-order valence-corrected chi connectivity index (χ1v) is 6.71. The summed E-state index contributed by atoms with van der Waals surface area (Å²) in [5, 5.41) is 8.92. The van der Waals surface area contributed by atoms with E-state index in [1.807, 2.05) is 6.92 Å². The molecule has 5 nitrogen and oxygen atoms in total. The monoisotopic (exact) mass is 251 g/mol. The molecule has 2 rings (SSSR count). The summed E-state index contributed by atoms with van der Waals surface area (Å²) in [7, 11) is 0. The van der Waals surface area contributed by atoms with Crippen molar-refractivity contribution in [2.45, 2.75) is 45.2 Å². The van der Waals surface area contributed by atoms with E-state index in [0.29, 0.717) is 18.4 Å². The first-order chi connectivity index (χ1) is 8.77. The molecule has 1 saturated heterocycles. The number of hydrogen-bond acceptors (Lipinski definition) is 4. The Morgan fingerprint density at radius 3 is 3.11 bits per heavy atom. The third-order valence-electron chi connectivity index (χ3n) is 3.58. The minimum absolute atomic E-state index is 0.00380. The lowest BCUT2D eigenvalue weighted by atomic mass is 10.1. The predicted octanol–water partition coefficient (Wildman–Crippen LogP) is 1.00. The lowest BCUT2D eigenvalue weighted by Gasteiger charge is -2.25. The molecule has 0 aromatic carbocycles. The highest BCUT2D eigenvalue weighted by molar-refractivity contribution is 5.38. The van der Waals surface area contributed by atoms with Crippen LogP contribution in [0.15, 0.2) is 17.2 Å². The Bertz CT molecular complexity index is 444. The zero-order chi connectivity index (χ0) is 13.0. The first-order valence-electron chi connectivity index (χ1n) is 6.71. The maximum atomic E-state index is 12.2. The summed E-state index contributed by atoms with van der Waals surface area (Å²) >= 11 is 0. The maximum Gasteiger partial charge on any atom is 0.293 e. The summed E-state index contributed by atoms with van der Waals surface area (Å²) in [5.74, 6) is 0.569. The van der Waals surface area contributed by atoms with E-state index < -0.39 is 0 Å². The molecule has 100 valence electrons. The molecule has 5 heteroatoms. The zero-order valence-electron chi connectivity index (χ0n) is 10.9. The van der Waals surface area contributed by atoms with Gasteiger partial charge in [0.05, 0.1) is 0 Å². The molecule has 1 N–H and O–H groups in total. The van der Waals surface area contributed by atoms with Crippen molar-refractivity contribution in [3.63, 3.8) is 0 Å². The van der Waals surface area contributed by atoms with Gasteiger partial charge in [-0.2, -0.15) is 0 Å². The number of hydrogen-bond donors (Lipinski definition) is 1. The fourth-order valence-electron chi connectivity index (χ4n) is 2.62. The van der Waals surface area contributed by atoms with Gasteiger partial charge in [-0.25, -0.2) is 4.98 Å². The molecule has 1 aromatic heterocycles. The Kier molecular flexibility index (Phi) is 4.36. The molecule has 1 atom stereocenters. The molecule has 1 aliphatic rings. The largest absolute Gasteiger partial charge is 0.396 e. The molecule has 2 heterocycles. The predicted molar refractivity (Wildman–Crippen MR) is 70.9 cm³/mol. The van der Waals surface area contributed by atoms with Crippen LogP contribution in [0.25, 0.3) is 0 Å². The second-order valence-electron chi connectivity index (χ2n) is 4.70. The van der Waals surface area contributed by atoms with Crippen LogP contribution in [-0.2, 0) is 6.54 Å². The van der Waals surface area contributed by atoms with Crippen LogP contribution >= 0.6 is 0 Å². The third-order valence-corrected chi connectivity index (χ3v) is 3.58. The molecule has 1 aromatic rings. The smallest absolute Gasteiger partial charge is 0.293 e. The van der Waals surface area contributed by atoms with Crippen LogP contribution in [0.5, 0.6) is 0 Å². The molecule has 1 aliphatic heterocycles. The van der Waals surface area contributed by atoms with Gasteiger partial charge in [0.15, 0.2) is 5.82 Å². The van der Waals surface area contributed by atoms with E-state index in [4.69, 9.17) is 5.11 Å². The molecule has 0 spiro atoms. The van der Waals surface area contributed by atoms with E-state index in [1.54, 1.807) is 17.0 Å². The van der Waals surface area contributed by atoms with Crippen LogP contribution in [0, 0.1) is 0 Å². The fraction of sp³-hybridized carbons (Fsp3) is 0.692. The number of rotatable bonds is 5. The Morgan fingerprint density at radius 2 is 2.39 bits per heavy atom. The van der Waals surface area contributed by atoms with Gasteiger partial charge in [0.2, 0.25) is 0 Å². The number of anilines is 1. The van der Waals surface area contributed by atoms with Crippen molar-refractivity contribution >= 4 is 5.82 Å². The number of nitrogens with zero attached hydrogens (tertiary/aromatic N) is 3. The topological polar surface area (TPSA) is 58.4 Å². The Labute approximate surface area is 107 Å². The average Bonchev–Trinajstić information content (AvgIpc) is 2.84. The van der Waals surface area contributed by atoms with Crippen LogP contribution in [0.4, 0.5) is 5.82 Å². The summed E-state index contributed by atoms with van der Waals surface area (Å²) in [4.78, 5) is 18.6. The molecule has 0 radical (unpaired) electrons. The molecule has 1 fully saturated rings. The minimum atomic E-state index is -0.00380. The van der Waals surface area contributed by atoms with Gasteiger partial charge in [0.1, 0.15) is 0 Å². The van der Waals surface area contributed by atoms with E-state index in [-0.39, 0.29) is 12.2 Å². The lowest BCUT2D eigenvalue weighted by Crippen LogP contribution is -2.36. The van der Waals surface area contributed by atoms with Crippen LogP contribution in [-0.4, -0.2) is 33.9 Å². The van der Waals surface area contributed by atoms with Gasteiger partial charge in [-0.15, -0.1) is 0 Å². The van der Waals surface area contributed by atoms with Gasteiger partial charge >= 0.3 is 0 Å². The summed E-state index contributed by atoms with van der Waals surface area (Å²) in [5.41, 5.74) is -0.00380. The van der Waals surface area contributed by atoms with Crippen LogP contribution < -0.4 is 10.5 Å². The van der Waals surface area contributed by atoms with Gasteiger partial charge in [-0.1, -0.05) is 0 Å². The molecule has 0 aliphatic carbocycles. The Balaban J connectivity index is 2.22. The highest BCUT2D eigenvalue weighted by atomic mass is 16.2. The maximum absolute atomic E-state index is 12.2. The molecule has 0 amide bonds. The summed E-state index contributed by atoms with van der Waals surface area (Å²) in [6, 6.07) is 0.352. The molecule has 18 heavy (non-hydrogen) atoms. The number of aliphatic hydroxyl groups is 1. The second kappa shape index (κ2) is 6.00. The number of aliphatic hydroxyl groups excluding tert-OH is 1. The van der Waals surface area contributed by atoms with Crippen LogP contribution in [0.1, 0.15) is 32.6 Å². The molecule has 0 bridgehead atoms. The lowest BCUT2D eigenvalue weighted by molar-refractivity contribution is 0.279. The quantitative estimate of drug-likeness (QED) is 0.848. The number of aryl methyl sites for hydroxylation is 1. The van der Waals surface area contributed by atoms with Gasteiger partial charge in [-0.3, -0.25) is 4.79 Å². The molecule has 1 unspecified atom stereocenters. The van der Waals surface area contributed by atoms with Crippen molar-refractivity contribution in [2.75, 3.05) is 18.1 Å². The Hall–Kier alpha value is -1.36. The highest BCUT2D eigenvalue weighted by Gasteiger charge is 2.27. The van der Waals surface area contributed by atoms with Crippen molar-refractivity contribution in [1.29, 1.82) is 0 Å². The zero-order valence-corrected chi connectivity index (χ0v) is 10.9. The minimum Gasteiger partial charge on any atom is -0.396 e. The Morgan fingerprint density at radius 1 is 1.56 bits per heavy atom. The van der Waals surface area contributed by atoms with Crippen molar-refractivity contribution in [1.82, 2.24) is 9.55 Å². The van der Waals surface area contributed by atoms with Crippen molar-refractivity contribution in [3.8, 4) is 0 Å². The number of aromatic nitrogens is 2. The van der Waals surface area contributed by atoms with Gasteiger partial charge in [0, 0.05) is 38.1 Å². The summed E-state index contributed by atoms with van der Waals surface area (Å²) < 4.78 is 1.68. The molecular weight excluding hydrogens is 230 g/mol. The molecule has 0 saturated carbocycles. The fourth-order valence-corrected chi connectivity index (χ4v) is 2.62. The third kappa shape index (κ3) is 2.56. The van der Waals surface area contributed by atoms with E-state index in [1.165, 1.54) is 0 Å². The first kappa shape index (κ1) is 13.1. The van der Waals surface area contributed by atoms with Gasteiger partial charge < -0.3 is 14.6 Å². The van der Waals surface area contributed by atoms with Crippen LogP contribution in [0.2, 0.25) is 0 Å². The summed E-state index contributed by atoms with van der Waals surface area (Å²) in [6.07, 6.45) is 7.32. The van der Waals surface area contributed by atoms with Gasteiger partial charge in [0.25, 0.3) is 5.56 Å². The normalized spacial score (nSPS) is 19.4. The molecular formula is C13H21N3O2. The van der Waals surface area contributed by atoms with Crippen molar-refractivity contribution < 1.29 is 5.11 Å². The average molecular weight is 251 g/mol. The van der Waals surface area contributed by atoms with Crippen LogP contribution in [0.3, 0.4) is 0 Å². The van der Waals surface area contributed by atoms with E-state index in [9.17, 15) is 4.79 Å². The highest BCUT2D eigenvalue weighted by Crippen LogP contribution is 2.24. The van der Waals surface area contributed by atoms with E-state index >= 15 is 0 Å². The van der Waals surface area contributed by atoms with E-state index in [2.05, 4.69) is 9.88 Å². The second-order valence-corrected chi connectivity index (χ2v) is 4.70. The van der Waals surface area contributed by atoms with Crippen molar-refractivity contribution in [3.05, 3.63) is 22.7 Å². The summed E-state index contributed by atoms with van der Waals surface area (Å²) in [6.45, 7) is 3.74. The van der Waals surface area contributed by atoms with Crippen molar-refractivity contribution in [2.24, 2.45) is 0 Å². The SMILES string of the molecule is CCn1ccnc(N2CCCC2CCCO)c1=O. The van der Waals surface area contributed by atoms with Gasteiger partial charge in [-0.05, 0) is 32.6 Å².